The van der Waals surface area contributed by atoms with E-state index in [0.29, 0.717) is 10.6 Å². The Morgan fingerprint density at radius 1 is 1.14 bits per heavy atom. The van der Waals surface area contributed by atoms with Crippen molar-refractivity contribution in [1.82, 2.24) is 4.72 Å². The number of thiophene rings is 1. The van der Waals surface area contributed by atoms with Gasteiger partial charge in [0.1, 0.15) is 5.00 Å². The summed E-state index contributed by atoms with van der Waals surface area (Å²) in [7, 11) is -3.63. The summed E-state index contributed by atoms with van der Waals surface area (Å²) in [6.45, 7) is 9.07. The molecule has 1 amide bonds. The summed E-state index contributed by atoms with van der Waals surface area (Å²) in [6, 6.07) is 5.37. The summed E-state index contributed by atoms with van der Waals surface area (Å²) in [4.78, 5) is 25.8. The van der Waals surface area contributed by atoms with Gasteiger partial charge in [-0.15, -0.1) is 11.3 Å². The first-order valence-electron chi connectivity index (χ1n) is 8.77. The summed E-state index contributed by atoms with van der Waals surface area (Å²) in [6.07, 6.45) is 0. The predicted octanol–water partition coefficient (Wildman–Crippen LogP) is 3.48. The van der Waals surface area contributed by atoms with Crippen molar-refractivity contribution in [3.05, 3.63) is 45.8 Å². The standard InChI is InChI=1S/C19H24N2O5S2/c1-6-26-19(23)16-12(4)13(5)27-18(16)20-17(22)14-7-9-15(10-8-14)28(24,25)21-11(2)3/h7-11,21H,6H2,1-5H3,(H,20,22). The van der Waals surface area contributed by atoms with Crippen LogP contribution in [0.5, 0.6) is 0 Å². The number of nitrogens with one attached hydrogen (secondary N) is 2. The molecule has 2 aromatic rings. The van der Waals surface area contributed by atoms with Crippen LogP contribution in [-0.4, -0.2) is 32.9 Å². The molecule has 2 rings (SSSR count). The molecule has 0 atom stereocenters. The Kier molecular flexibility index (Phi) is 6.97. The van der Waals surface area contributed by atoms with Gasteiger partial charge in [-0.3, -0.25) is 4.79 Å². The lowest BCUT2D eigenvalue weighted by atomic mass is 10.1. The molecule has 1 aromatic heterocycles. The van der Waals surface area contributed by atoms with Gasteiger partial charge in [0.2, 0.25) is 10.0 Å². The Hall–Kier alpha value is -2.23. The Bertz CT molecular complexity index is 976. The molecule has 0 aliphatic carbocycles. The average Bonchev–Trinajstić information content (AvgIpc) is 2.88. The Balaban J connectivity index is 2.25. The number of esters is 1. The summed E-state index contributed by atoms with van der Waals surface area (Å²) in [5, 5.41) is 3.15. The number of amides is 1. The molecular weight excluding hydrogens is 400 g/mol. The highest BCUT2D eigenvalue weighted by molar-refractivity contribution is 7.89. The van der Waals surface area contributed by atoms with Gasteiger partial charge in [-0.2, -0.15) is 0 Å². The number of hydrogen-bond acceptors (Lipinski definition) is 6. The molecule has 0 saturated carbocycles. The van der Waals surface area contributed by atoms with Gasteiger partial charge >= 0.3 is 5.97 Å². The molecule has 0 radical (unpaired) electrons. The number of rotatable bonds is 7. The highest BCUT2D eigenvalue weighted by atomic mass is 32.2. The Morgan fingerprint density at radius 2 is 1.75 bits per heavy atom. The fraction of sp³-hybridized carbons (Fsp3) is 0.368. The minimum absolute atomic E-state index is 0.0766. The van der Waals surface area contributed by atoms with Crippen molar-refractivity contribution in [2.24, 2.45) is 0 Å². The fourth-order valence-corrected chi connectivity index (χ4v) is 4.80. The number of ether oxygens (including phenoxy) is 1. The van der Waals surface area contributed by atoms with Crippen LogP contribution < -0.4 is 10.0 Å². The second kappa shape index (κ2) is 8.85. The molecule has 28 heavy (non-hydrogen) atoms. The van der Waals surface area contributed by atoms with Gasteiger partial charge in [0.25, 0.3) is 5.91 Å². The maximum absolute atomic E-state index is 12.6. The van der Waals surface area contributed by atoms with Crippen molar-refractivity contribution < 1.29 is 22.7 Å². The molecule has 9 heteroatoms. The first-order chi connectivity index (χ1) is 13.1. The minimum atomic E-state index is -3.63. The second-order valence-electron chi connectivity index (χ2n) is 6.46. The molecule has 0 spiro atoms. The lowest BCUT2D eigenvalue weighted by Crippen LogP contribution is -2.30. The lowest BCUT2D eigenvalue weighted by molar-refractivity contribution is 0.0527. The summed E-state index contributed by atoms with van der Waals surface area (Å²) in [5.74, 6) is -0.923. The maximum atomic E-state index is 12.6. The van der Waals surface area contributed by atoms with Gasteiger partial charge in [-0.05, 0) is 64.4 Å². The van der Waals surface area contributed by atoms with Gasteiger partial charge in [-0.1, -0.05) is 0 Å². The van der Waals surface area contributed by atoms with Crippen molar-refractivity contribution >= 4 is 38.2 Å². The second-order valence-corrected chi connectivity index (χ2v) is 9.40. The van der Waals surface area contributed by atoms with E-state index in [1.54, 1.807) is 27.7 Å². The monoisotopic (exact) mass is 424 g/mol. The van der Waals surface area contributed by atoms with Crippen molar-refractivity contribution in [2.45, 2.75) is 45.6 Å². The number of aryl methyl sites for hydroxylation is 1. The van der Waals surface area contributed by atoms with Gasteiger partial charge < -0.3 is 10.1 Å². The third-order valence-corrected chi connectivity index (χ3v) is 6.71. The number of sulfonamides is 1. The van der Waals surface area contributed by atoms with Crippen LogP contribution in [0, 0.1) is 13.8 Å². The van der Waals surface area contributed by atoms with Gasteiger partial charge in [0.15, 0.2) is 0 Å². The number of carbonyl (C=O) groups is 2. The molecule has 0 saturated heterocycles. The quantitative estimate of drug-likeness (QED) is 0.663. The first kappa shape index (κ1) is 22.1. The highest BCUT2D eigenvalue weighted by Gasteiger charge is 2.23. The van der Waals surface area contributed by atoms with Crippen LogP contribution in [0.2, 0.25) is 0 Å². The molecule has 2 N–H and O–H groups in total. The molecule has 0 fully saturated rings. The zero-order valence-electron chi connectivity index (χ0n) is 16.5. The van der Waals surface area contributed by atoms with E-state index in [2.05, 4.69) is 10.0 Å². The molecule has 7 nitrogen and oxygen atoms in total. The average molecular weight is 425 g/mol. The van der Waals surface area contributed by atoms with Crippen LogP contribution in [0.25, 0.3) is 0 Å². The van der Waals surface area contributed by atoms with E-state index >= 15 is 0 Å². The molecule has 152 valence electrons. The maximum Gasteiger partial charge on any atom is 0.341 e. The van der Waals surface area contributed by atoms with E-state index < -0.39 is 21.9 Å². The van der Waals surface area contributed by atoms with Crippen LogP contribution in [0.15, 0.2) is 29.2 Å². The SMILES string of the molecule is CCOC(=O)c1c(NC(=O)c2ccc(S(=O)(=O)NC(C)C)cc2)sc(C)c1C. The molecule has 0 aliphatic heterocycles. The van der Waals surface area contributed by atoms with Crippen molar-refractivity contribution in [1.29, 1.82) is 0 Å². The molecule has 0 unspecified atom stereocenters. The molecular formula is C19H24N2O5S2. The third kappa shape index (κ3) is 4.98. The van der Waals surface area contributed by atoms with E-state index in [-0.39, 0.29) is 23.1 Å². The summed E-state index contributed by atoms with van der Waals surface area (Å²) in [5.41, 5.74) is 1.39. The topological polar surface area (TPSA) is 102 Å². The van der Waals surface area contributed by atoms with Crippen LogP contribution >= 0.6 is 11.3 Å². The zero-order chi connectivity index (χ0) is 21.1. The van der Waals surface area contributed by atoms with Gasteiger partial charge in [0, 0.05) is 16.5 Å². The number of hydrogen-bond donors (Lipinski definition) is 2. The minimum Gasteiger partial charge on any atom is -0.462 e. The zero-order valence-corrected chi connectivity index (χ0v) is 18.1. The Labute approximate surface area is 169 Å². The van der Waals surface area contributed by atoms with E-state index in [1.807, 2.05) is 6.92 Å². The Morgan fingerprint density at radius 3 is 2.29 bits per heavy atom. The van der Waals surface area contributed by atoms with E-state index in [0.717, 1.165) is 10.4 Å². The summed E-state index contributed by atoms with van der Waals surface area (Å²) < 4.78 is 31.9. The predicted molar refractivity (Wildman–Crippen MR) is 110 cm³/mol. The van der Waals surface area contributed by atoms with Crippen LogP contribution in [0.1, 0.15) is 51.9 Å². The van der Waals surface area contributed by atoms with Gasteiger partial charge in [-0.25, -0.2) is 17.9 Å². The fourth-order valence-electron chi connectivity index (χ4n) is 2.50. The van der Waals surface area contributed by atoms with E-state index in [1.165, 1.54) is 35.6 Å². The molecule has 1 aromatic carbocycles. The van der Waals surface area contributed by atoms with Crippen molar-refractivity contribution in [3.63, 3.8) is 0 Å². The van der Waals surface area contributed by atoms with Gasteiger partial charge in [0.05, 0.1) is 17.1 Å². The molecule has 0 bridgehead atoms. The van der Waals surface area contributed by atoms with Crippen LogP contribution in [0.4, 0.5) is 5.00 Å². The van der Waals surface area contributed by atoms with Crippen LogP contribution in [0.3, 0.4) is 0 Å². The normalized spacial score (nSPS) is 11.5. The van der Waals surface area contributed by atoms with Crippen molar-refractivity contribution in [3.8, 4) is 0 Å². The lowest BCUT2D eigenvalue weighted by Gasteiger charge is -2.10. The highest BCUT2D eigenvalue weighted by Crippen LogP contribution is 2.33. The van der Waals surface area contributed by atoms with E-state index in [4.69, 9.17) is 4.74 Å². The first-order valence-corrected chi connectivity index (χ1v) is 11.1. The number of benzene rings is 1. The molecule has 1 heterocycles. The third-order valence-electron chi connectivity index (χ3n) is 3.91. The smallest absolute Gasteiger partial charge is 0.341 e. The van der Waals surface area contributed by atoms with Crippen LogP contribution in [-0.2, 0) is 14.8 Å². The van der Waals surface area contributed by atoms with E-state index in [9.17, 15) is 18.0 Å². The summed E-state index contributed by atoms with van der Waals surface area (Å²) >= 11 is 1.29. The van der Waals surface area contributed by atoms with Crippen molar-refractivity contribution in [2.75, 3.05) is 11.9 Å². The number of carbonyl (C=O) groups excluding carboxylic acids is 2. The number of anilines is 1. The molecule has 0 aliphatic rings. The largest absolute Gasteiger partial charge is 0.462 e.